The molecule has 21 heavy (non-hydrogen) atoms. The van der Waals surface area contributed by atoms with E-state index in [1.165, 1.54) is 0 Å². The maximum absolute atomic E-state index is 11.2. The minimum absolute atomic E-state index is 0.335. The van der Waals surface area contributed by atoms with Gasteiger partial charge in [-0.3, -0.25) is 0 Å². The molecule has 1 aromatic carbocycles. The van der Waals surface area contributed by atoms with Crippen LogP contribution in [0.4, 0.5) is 0 Å². The average molecular weight is 316 g/mol. The molecule has 7 heteroatoms. The molecule has 0 saturated carbocycles. The van der Waals surface area contributed by atoms with Crippen molar-refractivity contribution in [3.8, 4) is 5.75 Å². The second kappa shape index (κ2) is 7.22. The van der Waals surface area contributed by atoms with Crippen LogP contribution >= 0.6 is 0 Å². The lowest BCUT2D eigenvalue weighted by atomic mass is 10.1. The molecule has 0 aromatic heterocycles. The van der Waals surface area contributed by atoms with E-state index in [2.05, 4.69) is 10.0 Å². The molecular weight excluding hydrogens is 292 g/mol. The fraction of sp³-hybridized carbons (Fsp3) is 0.571. The Morgan fingerprint density at radius 3 is 2.33 bits per heavy atom. The quantitative estimate of drug-likeness (QED) is 0.655. The van der Waals surface area contributed by atoms with E-state index in [1.807, 2.05) is 0 Å². The zero-order valence-electron chi connectivity index (χ0n) is 12.9. The molecule has 0 aliphatic carbocycles. The predicted octanol–water partition coefficient (Wildman–Crippen LogP) is 0.646. The monoisotopic (exact) mass is 316 g/mol. The highest BCUT2D eigenvalue weighted by molar-refractivity contribution is 7.88. The van der Waals surface area contributed by atoms with Crippen molar-refractivity contribution in [3.63, 3.8) is 0 Å². The molecule has 0 heterocycles. The first-order valence-electron chi connectivity index (χ1n) is 6.65. The molecule has 0 aliphatic rings. The first kappa shape index (κ1) is 17.9. The summed E-state index contributed by atoms with van der Waals surface area (Å²) < 4.78 is 30.0. The van der Waals surface area contributed by atoms with Crippen molar-refractivity contribution >= 4 is 10.0 Å². The highest BCUT2D eigenvalue weighted by Crippen LogP contribution is 2.17. The molecule has 0 saturated heterocycles. The van der Waals surface area contributed by atoms with Gasteiger partial charge < -0.3 is 15.2 Å². The van der Waals surface area contributed by atoms with E-state index in [-0.39, 0.29) is 0 Å². The van der Waals surface area contributed by atoms with Crippen LogP contribution in [0.3, 0.4) is 0 Å². The number of rotatable bonds is 8. The van der Waals surface area contributed by atoms with Crippen LogP contribution in [0.1, 0.15) is 25.5 Å². The van der Waals surface area contributed by atoms with Crippen molar-refractivity contribution in [3.05, 3.63) is 29.8 Å². The van der Waals surface area contributed by atoms with Crippen molar-refractivity contribution in [1.82, 2.24) is 10.0 Å². The Labute approximate surface area is 126 Å². The third-order valence-corrected chi connectivity index (χ3v) is 3.79. The van der Waals surface area contributed by atoms with Crippen molar-refractivity contribution < 1.29 is 18.3 Å². The van der Waals surface area contributed by atoms with Gasteiger partial charge in [0.25, 0.3) is 0 Å². The normalized spacial score (nSPS) is 14.0. The van der Waals surface area contributed by atoms with Crippen LogP contribution in [-0.2, 0) is 10.0 Å². The van der Waals surface area contributed by atoms with Gasteiger partial charge in [-0.05, 0) is 31.5 Å². The molecule has 6 nitrogen and oxygen atoms in total. The van der Waals surface area contributed by atoms with Crippen LogP contribution < -0.4 is 14.8 Å². The van der Waals surface area contributed by atoms with E-state index in [0.29, 0.717) is 13.1 Å². The Kier molecular flexibility index (Phi) is 6.15. The Morgan fingerprint density at radius 1 is 1.29 bits per heavy atom. The van der Waals surface area contributed by atoms with Gasteiger partial charge in [-0.2, -0.15) is 0 Å². The number of hydrogen-bond donors (Lipinski definition) is 3. The van der Waals surface area contributed by atoms with Crippen LogP contribution in [0.15, 0.2) is 24.3 Å². The maximum Gasteiger partial charge on any atom is 0.209 e. The van der Waals surface area contributed by atoms with Crippen LogP contribution in [0.25, 0.3) is 0 Å². The minimum atomic E-state index is -3.26. The molecule has 1 aromatic rings. The van der Waals surface area contributed by atoms with Gasteiger partial charge >= 0.3 is 0 Å². The Morgan fingerprint density at radius 2 is 1.86 bits per heavy atom. The van der Waals surface area contributed by atoms with Crippen LogP contribution in [-0.4, -0.2) is 45.5 Å². The van der Waals surface area contributed by atoms with Crippen molar-refractivity contribution in [2.24, 2.45) is 0 Å². The van der Waals surface area contributed by atoms with Crippen molar-refractivity contribution in [2.45, 2.75) is 25.5 Å². The van der Waals surface area contributed by atoms with E-state index in [0.717, 1.165) is 17.6 Å². The first-order chi connectivity index (χ1) is 9.63. The molecule has 0 aliphatic heterocycles. The summed E-state index contributed by atoms with van der Waals surface area (Å²) in [6.07, 6.45) is 0.464. The van der Waals surface area contributed by atoms with Crippen LogP contribution in [0, 0.1) is 0 Å². The van der Waals surface area contributed by atoms with Gasteiger partial charge in [0.2, 0.25) is 10.0 Å². The number of sulfonamides is 1. The molecule has 0 radical (unpaired) electrons. The summed E-state index contributed by atoms with van der Waals surface area (Å²) in [4.78, 5) is 0. The molecule has 0 fully saturated rings. The van der Waals surface area contributed by atoms with Crippen LogP contribution in [0.2, 0.25) is 0 Å². The second-order valence-corrected chi connectivity index (χ2v) is 7.43. The number of methoxy groups -OCH3 is 1. The molecule has 0 spiro atoms. The zero-order chi connectivity index (χ0) is 16.1. The third kappa shape index (κ3) is 6.90. The smallest absolute Gasteiger partial charge is 0.209 e. The van der Waals surface area contributed by atoms with Crippen molar-refractivity contribution in [2.75, 3.05) is 26.5 Å². The largest absolute Gasteiger partial charge is 0.497 e. The molecule has 1 rings (SSSR count). The second-order valence-electron chi connectivity index (χ2n) is 5.68. The maximum atomic E-state index is 11.2. The summed E-state index contributed by atoms with van der Waals surface area (Å²) in [5.41, 5.74) is 0.157. The molecule has 3 N–H and O–H groups in total. The topological polar surface area (TPSA) is 87.7 Å². The lowest BCUT2D eigenvalue weighted by molar-refractivity contribution is 0.172. The number of ether oxygens (including phenoxy) is 1. The SMILES string of the molecule is COc1ccc(C(O)CNCC(C)(C)NS(C)(=O)=O)cc1. The van der Waals surface area contributed by atoms with Gasteiger partial charge in [0, 0.05) is 18.6 Å². The standard InChI is InChI=1S/C14H24N2O4S/c1-14(2,16-21(4,18)19)10-15-9-13(17)11-5-7-12(20-3)8-6-11/h5-8,13,15-17H,9-10H2,1-4H3. The predicted molar refractivity (Wildman–Crippen MR) is 82.9 cm³/mol. The van der Waals surface area contributed by atoms with Gasteiger partial charge in [-0.15, -0.1) is 0 Å². The summed E-state index contributed by atoms with van der Waals surface area (Å²) >= 11 is 0. The van der Waals surface area contributed by atoms with Crippen LogP contribution in [0.5, 0.6) is 5.75 Å². The first-order valence-corrected chi connectivity index (χ1v) is 8.54. The molecular formula is C14H24N2O4S. The molecule has 120 valence electrons. The van der Waals surface area contributed by atoms with E-state index < -0.39 is 21.7 Å². The summed E-state index contributed by atoms with van der Waals surface area (Å²) in [6, 6.07) is 7.16. The van der Waals surface area contributed by atoms with Crippen molar-refractivity contribution in [1.29, 1.82) is 0 Å². The summed E-state index contributed by atoms with van der Waals surface area (Å²) in [5, 5.41) is 13.1. The Hall–Kier alpha value is -1.15. The van der Waals surface area contributed by atoms with Gasteiger partial charge in [0.05, 0.1) is 19.5 Å². The lowest BCUT2D eigenvalue weighted by Crippen LogP contribution is -2.50. The minimum Gasteiger partial charge on any atom is -0.497 e. The highest BCUT2D eigenvalue weighted by Gasteiger charge is 2.22. The fourth-order valence-electron chi connectivity index (χ4n) is 2.00. The molecule has 0 amide bonds. The summed E-state index contributed by atoms with van der Waals surface area (Å²) in [7, 11) is -1.67. The Bertz CT molecular complexity index is 541. The van der Waals surface area contributed by atoms with E-state index in [9.17, 15) is 13.5 Å². The number of benzene rings is 1. The van der Waals surface area contributed by atoms with Gasteiger partial charge in [-0.25, -0.2) is 13.1 Å². The van der Waals surface area contributed by atoms with E-state index in [4.69, 9.17) is 4.74 Å². The van der Waals surface area contributed by atoms with E-state index in [1.54, 1.807) is 45.2 Å². The number of aliphatic hydroxyl groups is 1. The molecule has 1 atom stereocenters. The van der Waals surface area contributed by atoms with Gasteiger partial charge in [0.15, 0.2) is 0 Å². The Balaban J connectivity index is 2.47. The average Bonchev–Trinajstić information content (AvgIpc) is 2.35. The number of nitrogens with one attached hydrogen (secondary N) is 2. The van der Waals surface area contributed by atoms with Gasteiger partial charge in [0.1, 0.15) is 5.75 Å². The lowest BCUT2D eigenvalue weighted by Gasteiger charge is -2.26. The molecule has 1 unspecified atom stereocenters. The summed E-state index contributed by atoms with van der Waals surface area (Å²) in [6.45, 7) is 4.30. The van der Waals surface area contributed by atoms with Gasteiger partial charge in [-0.1, -0.05) is 12.1 Å². The van der Waals surface area contributed by atoms with E-state index >= 15 is 0 Å². The fourth-order valence-corrected chi connectivity index (χ4v) is 3.08. The summed E-state index contributed by atoms with van der Waals surface area (Å²) in [5.74, 6) is 0.734. The number of hydrogen-bond acceptors (Lipinski definition) is 5. The third-order valence-electron chi connectivity index (χ3n) is 2.87. The zero-order valence-corrected chi connectivity index (χ0v) is 13.7. The molecule has 0 bridgehead atoms. The highest BCUT2D eigenvalue weighted by atomic mass is 32.2. The number of aliphatic hydroxyl groups excluding tert-OH is 1.